The number of benzene rings is 3. The van der Waals surface area contributed by atoms with Crippen LogP contribution in [-0.4, -0.2) is 20.3 Å². The molecule has 29 heavy (non-hydrogen) atoms. The summed E-state index contributed by atoms with van der Waals surface area (Å²) < 4.78 is 10.7. The van der Waals surface area contributed by atoms with Gasteiger partial charge in [-0.15, -0.1) is 0 Å². The van der Waals surface area contributed by atoms with Crippen molar-refractivity contribution in [3.05, 3.63) is 70.7 Å². The quantitative estimate of drug-likeness (QED) is 0.378. The normalized spacial score (nSPS) is 11.1. The molecule has 142 valence electrons. The second-order valence-electron chi connectivity index (χ2n) is 6.12. The maximum Gasteiger partial charge on any atom is 0.265 e. The van der Waals surface area contributed by atoms with Crippen molar-refractivity contribution in [2.75, 3.05) is 5.32 Å². The number of anilines is 2. The lowest BCUT2D eigenvalue weighted by molar-refractivity contribution is 0.314. The molecule has 0 saturated carbocycles. The topological polar surface area (TPSA) is 86.0 Å². The molecule has 0 fully saturated rings. The highest BCUT2D eigenvalue weighted by molar-refractivity contribution is 6.42. The second-order valence-corrected chi connectivity index (χ2v) is 6.93. The summed E-state index contributed by atoms with van der Waals surface area (Å²) in [5.41, 5.74) is 1.32. The van der Waals surface area contributed by atoms with E-state index in [9.17, 15) is 0 Å². The van der Waals surface area contributed by atoms with Crippen LogP contribution in [-0.2, 0) is 0 Å². The smallest absolute Gasteiger partial charge is 0.265 e. The van der Waals surface area contributed by atoms with Gasteiger partial charge in [-0.25, -0.2) is 4.63 Å². The van der Waals surface area contributed by atoms with Gasteiger partial charge in [0.1, 0.15) is 5.75 Å². The molecule has 0 spiro atoms. The molecule has 0 atom stereocenters. The van der Waals surface area contributed by atoms with Crippen LogP contribution in [0.3, 0.4) is 0 Å². The first-order valence-electron chi connectivity index (χ1n) is 8.55. The van der Waals surface area contributed by atoms with E-state index in [1.165, 1.54) is 0 Å². The Kier molecular flexibility index (Phi) is 4.38. The number of halogens is 2. The van der Waals surface area contributed by atoms with Gasteiger partial charge in [0.25, 0.3) is 5.88 Å². The molecule has 2 heterocycles. The van der Waals surface area contributed by atoms with Crippen LogP contribution in [0.5, 0.6) is 11.6 Å². The van der Waals surface area contributed by atoms with E-state index in [4.69, 9.17) is 32.6 Å². The van der Waals surface area contributed by atoms with Gasteiger partial charge in [-0.05, 0) is 33.9 Å². The van der Waals surface area contributed by atoms with Gasteiger partial charge in [0, 0.05) is 17.1 Å². The molecule has 0 amide bonds. The van der Waals surface area contributed by atoms with Crippen LogP contribution in [0.25, 0.3) is 22.1 Å². The molecule has 0 unspecified atom stereocenters. The van der Waals surface area contributed by atoms with Gasteiger partial charge < -0.3 is 10.1 Å². The molecule has 5 aromatic rings. The Morgan fingerprint density at radius 2 is 1.62 bits per heavy atom. The molecular formula is C20H11Cl2N5O2. The van der Waals surface area contributed by atoms with E-state index in [1.54, 1.807) is 18.2 Å². The third-order valence-electron chi connectivity index (χ3n) is 4.23. The van der Waals surface area contributed by atoms with Crippen LogP contribution in [0.1, 0.15) is 0 Å². The average Bonchev–Trinajstić information content (AvgIpc) is 3.18. The van der Waals surface area contributed by atoms with Crippen molar-refractivity contribution in [1.82, 2.24) is 20.3 Å². The van der Waals surface area contributed by atoms with Gasteiger partial charge in [-0.3, -0.25) is 0 Å². The molecular weight excluding hydrogens is 413 g/mol. The van der Waals surface area contributed by atoms with E-state index in [-0.39, 0.29) is 17.2 Å². The van der Waals surface area contributed by atoms with Crippen molar-refractivity contribution in [2.24, 2.45) is 0 Å². The fourth-order valence-corrected chi connectivity index (χ4v) is 3.18. The first-order chi connectivity index (χ1) is 14.2. The van der Waals surface area contributed by atoms with E-state index in [1.807, 2.05) is 42.5 Å². The number of fused-ring (bicyclic) bond motifs is 2. The fourth-order valence-electron chi connectivity index (χ4n) is 2.89. The first kappa shape index (κ1) is 17.7. The molecule has 3 aromatic carbocycles. The Labute approximate surface area is 174 Å². The molecule has 5 rings (SSSR count). The van der Waals surface area contributed by atoms with Crippen molar-refractivity contribution in [3.63, 3.8) is 0 Å². The third kappa shape index (κ3) is 3.41. The summed E-state index contributed by atoms with van der Waals surface area (Å²) in [7, 11) is 0. The molecule has 9 heteroatoms. The lowest BCUT2D eigenvalue weighted by Crippen LogP contribution is -2.01. The Hall–Kier alpha value is -3.42. The molecule has 0 aliphatic heterocycles. The lowest BCUT2D eigenvalue weighted by atomic mass is 10.1. The zero-order valence-corrected chi connectivity index (χ0v) is 16.1. The first-order valence-corrected chi connectivity index (χ1v) is 9.31. The van der Waals surface area contributed by atoms with Crippen molar-refractivity contribution < 1.29 is 9.37 Å². The number of hydrogen-bond donors (Lipinski definition) is 1. The van der Waals surface area contributed by atoms with E-state index in [0.717, 1.165) is 16.5 Å². The SMILES string of the molecule is Clc1ccc(Oc2nc3nonc3nc2Nc2cccc3ccccc23)cc1Cl. The second kappa shape index (κ2) is 7.20. The number of rotatable bonds is 4. The van der Waals surface area contributed by atoms with Crippen LogP contribution < -0.4 is 10.1 Å². The molecule has 7 nitrogen and oxygen atoms in total. The zero-order valence-electron chi connectivity index (χ0n) is 14.6. The number of aromatic nitrogens is 4. The van der Waals surface area contributed by atoms with E-state index in [2.05, 4.69) is 25.6 Å². The number of nitrogens with one attached hydrogen (secondary N) is 1. The molecule has 1 N–H and O–H groups in total. The Bertz CT molecular complexity index is 1350. The van der Waals surface area contributed by atoms with Crippen LogP contribution in [0.2, 0.25) is 10.0 Å². The van der Waals surface area contributed by atoms with Crippen LogP contribution in [0, 0.1) is 0 Å². The summed E-state index contributed by atoms with van der Waals surface area (Å²) >= 11 is 12.1. The molecule has 0 aliphatic rings. The maximum atomic E-state index is 6.09. The van der Waals surface area contributed by atoms with Gasteiger partial charge in [0.05, 0.1) is 10.0 Å². The molecule has 0 radical (unpaired) electrons. The summed E-state index contributed by atoms with van der Waals surface area (Å²) in [6.45, 7) is 0. The molecule has 2 aromatic heterocycles. The lowest BCUT2D eigenvalue weighted by Gasteiger charge is -2.13. The van der Waals surface area contributed by atoms with Gasteiger partial charge in [-0.1, -0.05) is 59.6 Å². The summed E-state index contributed by atoms with van der Waals surface area (Å²) in [6, 6.07) is 18.8. The third-order valence-corrected chi connectivity index (χ3v) is 4.97. The summed E-state index contributed by atoms with van der Waals surface area (Å²) in [4.78, 5) is 8.82. The van der Waals surface area contributed by atoms with Crippen LogP contribution >= 0.6 is 23.2 Å². The summed E-state index contributed by atoms with van der Waals surface area (Å²) in [5.74, 6) is 1.00. The largest absolute Gasteiger partial charge is 0.436 e. The number of hydrogen-bond acceptors (Lipinski definition) is 7. The fraction of sp³-hybridized carbons (Fsp3) is 0. The molecule has 0 saturated heterocycles. The average molecular weight is 424 g/mol. The maximum absolute atomic E-state index is 6.09. The molecule has 0 bridgehead atoms. The van der Waals surface area contributed by atoms with Crippen molar-refractivity contribution >= 4 is 56.8 Å². The number of nitrogens with zero attached hydrogens (tertiary/aromatic N) is 4. The minimum Gasteiger partial charge on any atom is -0.436 e. The Balaban J connectivity index is 1.60. The summed E-state index contributed by atoms with van der Waals surface area (Å²) in [6.07, 6.45) is 0. The minimum atomic E-state index is 0.194. The van der Waals surface area contributed by atoms with Crippen LogP contribution in [0.15, 0.2) is 65.3 Å². The summed E-state index contributed by atoms with van der Waals surface area (Å²) in [5, 5.41) is 13.7. The van der Waals surface area contributed by atoms with Crippen molar-refractivity contribution in [2.45, 2.75) is 0 Å². The van der Waals surface area contributed by atoms with Gasteiger partial charge in [0.15, 0.2) is 5.82 Å². The van der Waals surface area contributed by atoms with Gasteiger partial charge in [0.2, 0.25) is 11.3 Å². The van der Waals surface area contributed by atoms with E-state index < -0.39 is 0 Å². The van der Waals surface area contributed by atoms with Gasteiger partial charge >= 0.3 is 0 Å². The highest BCUT2D eigenvalue weighted by atomic mass is 35.5. The van der Waals surface area contributed by atoms with E-state index in [0.29, 0.717) is 21.6 Å². The Morgan fingerprint density at radius 1 is 0.828 bits per heavy atom. The Morgan fingerprint density at radius 3 is 2.48 bits per heavy atom. The van der Waals surface area contributed by atoms with E-state index >= 15 is 0 Å². The monoisotopic (exact) mass is 423 g/mol. The van der Waals surface area contributed by atoms with Crippen LogP contribution in [0.4, 0.5) is 11.5 Å². The minimum absolute atomic E-state index is 0.194. The van der Waals surface area contributed by atoms with Crippen molar-refractivity contribution in [3.8, 4) is 11.6 Å². The predicted octanol–water partition coefficient (Wildman–Crippen LogP) is 6.01. The highest BCUT2D eigenvalue weighted by Gasteiger charge is 2.16. The van der Waals surface area contributed by atoms with Gasteiger partial charge in [-0.2, -0.15) is 9.97 Å². The predicted molar refractivity (Wildman–Crippen MR) is 111 cm³/mol. The zero-order chi connectivity index (χ0) is 19.8. The molecule has 0 aliphatic carbocycles. The number of ether oxygens (including phenoxy) is 1. The standard InChI is InChI=1S/C20H11Cl2N5O2/c21-14-9-8-12(10-15(14)22)28-20-19(24-17-18(25-20)27-29-26-17)23-16-7-3-5-11-4-1-2-6-13(11)16/h1-10H,(H,23,24,26). The van der Waals surface area contributed by atoms with Crippen molar-refractivity contribution in [1.29, 1.82) is 0 Å². The highest BCUT2D eigenvalue weighted by Crippen LogP contribution is 2.34.